The molecule has 234 valence electrons. The number of nitrogens with zero attached hydrogens (tertiary/aromatic N) is 1. The predicted octanol–water partition coefficient (Wildman–Crippen LogP) is 13.4. The number of hydrogen-bond donors (Lipinski definition) is 0. The molecule has 0 N–H and O–H groups in total. The van der Waals surface area contributed by atoms with Crippen molar-refractivity contribution in [2.75, 3.05) is 0 Å². The monoisotopic (exact) mass is 637 g/mol. The number of benzene rings is 8. The molecule has 8 aromatic carbocycles. The first-order valence-electron chi connectivity index (χ1n) is 17.1. The highest BCUT2D eigenvalue weighted by Gasteiger charge is 2.18. The first kappa shape index (κ1) is 28.4. The van der Waals surface area contributed by atoms with Crippen LogP contribution in [0.25, 0.3) is 93.9 Å². The second-order valence-corrected chi connectivity index (χ2v) is 12.9. The summed E-state index contributed by atoms with van der Waals surface area (Å²) >= 11 is 0. The van der Waals surface area contributed by atoms with Crippen molar-refractivity contribution in [2.45, 2.75) is 0 Å². The van der Waals surface area contributed by atoms with E-state index in [9.17, 15) is 0 Å². The lowest BCUT2D eigenvalue weighted by molar-refractivity contribution is 0.669. The van der Waals surface area contributed by atoms with Crippen LogP contribution in [0.3, 0.4) is 0 Å². The minimum absolute atomic E-state index is 0.907. The first-order chi connectivity index (χ1) is 24.8. The van der Waals surface area contributed by atoms with E-state index in [1.54, 1.807) is 0 Å². The van der Waals surface area contributed by atoms with E-state index < -0.39 is 0 Å². The molecule has 0 aliphatic rings. The summed E-state index contributed by atoms with van der Waals surface area (Å²) in [6.07, 6.45) is 0. The predicted molar refractivity (Wildman–Crippen MR) is 210 cm³/mol. The topological polar surface area (TPSA) is 18.1 Å². The summed E-state index contributed by atoms with van der Waals surface area (Å²) in [4.78, 5) is 0. The molecule has 0 aliphatic carbocycles. The lowest BCUT2D eigenvalue weighted by Crippen LogP contribution is -1.97. The van der Waals surface area contributed by atoms with Crippen molar-refractivity contribution in [3.8, 4) is 50.2 Å². The molecule has 0 unspecified atom stereocenters. The van der Waals surface area contributed by atoms with Gasteiger partial charge >= 0.3 is 0 Å². The van der Waals surface area contributed by atoms with Gasteiger partial charge < -0.3 is 8.98 Å². The van der Waals surface area contributed by atoms with Gasteiger partial charge in [-0.05, 0) is 93.5 Å². The molecule has 0 saturated heterocycles. The molecule has 0 bridgehead atoms. The highest BCUT2D eigenvalue weighted by atomic mass is 16.3. The average Bonchev–Trinajstić information content (AvgIpc) is 3.73. The van der Waals surface area contributed by atoms with Crippen LogP contribution in [0.5, 0.6) is 0 Å². The van der Waals surface area contributed by atoms with Crippen LogP contribution in [0.4, 0.5) is 0 Å². The van der Waals surface area contributed by atoms with E-state index in [1.165, 1.54) is 55.2 Å². The van der Waals surface area contributed by atoms with Crippen LogP contribution in [0.1, 0.15) is 0 Å². The van der Waals surface area contributed by atoms with Crippen molar-refractivity contribution in [1.82, 2.24) is 4.57 Å². The van der Waals surface area contributed by atoms with E-state index in [0.29, 0.717) is 0 Å². The Labute approximate surface area is 290 Å². The minimum Gasteiger partial charge on any atom is -0.456 e. The highest BCUT2D eigenvalue weighted by molar-refractivity contribution is 6.12. The van der Waals surface area contributed by atoms with Gasteiger partial charge in [0.25, 0.3) is 0 Å². The number of fused-ring (bicyclic) bond motifs is 6. The van der Waals surface area contributed by atoms with E-state index >= 15 is 0 Å². The molecule has 0 spiro atoms. The molecule has 2 heteroatoms. The van der Waals surface area contributed by atoms with Gasteiger partial charge in [0.05, 0.1) is 16.7 Å². The van der Waals surface area contributed by atoms with Gasteiger partial charge in [0.1, 0.15) is 11.2 Å². The van der Waals surface area contributed by atoms with Crippen LogP contribution in [-0.4, -0.2) is 4.57 Å². The smallest absolute Gasteiger partial charge is 0.136 e. The summed E-state index contributed by atoms with van der Waals surface area (Å²) in [5, 5.41) is 4.77. The van der Waals surface area contributed by atoms with Crippen LogP contribution >= 0.6 is 0 Å². The Balaban J connectivity index is 1.15. The number of aromatic nitrogens is 1. The second kappa shape index (κ2) is 11.5. The van der Waals surface area contributed by atoms with Crippen molar-refractivity contribution < 1.29 is 4.42 Å². The molecule has 2 heterocycles. The molecule has 2 nitrogen and oxygen atoms in total. The number of para-hydroxylation sites is 2. The molecule has 0 aliphatic heterocycles. The van der Waals surface area contributed by atoms with Gasteiger partial charge in [0.2, 0.25) is 0 Å². The highest BCUT2D eigenvalue weighted by Crippen LogP contribution is 2.40. The molecule has 2 aromatic heterocycles. The van der Waals surface area contributed by atoms with Crippen LogP contribution in [0, 0.1) is 0 Å². The molecule has 0 fully saturated rings. The first-order valence-corrected chi connectivity index (χ1v) is 17.1. The van der Waals surface area contributed by atoms with Crippen molar-refractivity contribution in [3.05, 3.63) is 188 Å². The standard InChI is InChI=1S/C48H31NO/c1-3-12-32(13-4-1)35-23-26-45-42(29-35)43-30-36(33-14-5-2-6-15-33)24-27-46(43)49(45)44-20-9-7-18-39(44)38-17-11-16-34(28-38)37-22-25-41-40-19-8-10-21-47(40)50-48(41)31-37/h1-31H. The van der Waals surface area contributed by atoms with Crippen LogP contribution in [-0.2, 0) is 0 Å². The largest absolute Gasteiger partial charge is 0.456 e. The van der Waals surface area contributed by atoms with Gasteiger partial charge in [-0.15, -0.1) is 0 Å². The molecule has 10 aromatic rings. The van der Waals surface area contributed by atoms with Gasteiger partial charge in [0, 0.05) is 27.1 Å². The second-order valence-electron chi connectivity index (χ2n) is 12.9. The summed E-state index contributed by atoms with van der Waals surface area (Å²) < 4.78 is 8.69. The number of hydrogen-bond acceptors (Lipinski definition) is 1. The zero-order chi connectivity index (χ0) is 33.0. The number of furan rings is 1. The van der Waals surface area contributed by atoms with E-state index in [0.717, 1.165) is 38.8 Å². The Bertz CT molecular complexity index is 2760. The summed E-state index contributed by atoms with van der Waals surface area (Å²) in [6.45, 7) is 0. The van der Waals surface area contributed by atoms with Gasteiger partial charge in [-0.1, -0.05) is 133 Å². The van der Waals surface area contributed by atoms with Crippen LogP contribution in [0.15, 0.2) is 192 Å². The fourth-order valence-corrected chi connectivity index (χ4v) is 7.59. The lowest BCUT2D eigenvalue weighted by Gasteiger charge is -2.15. The fourth-order valence-electron chi connectivity index (χ4n) is 7.59. The molecule has 0 atom stereocenters. The lowest BCUT2D eigenvalue weighted by atomic mass is 9.97. The van der Waals surface area contributed by atoms with Gasteiger partial charge in [0.15, 0.2) is 0 Å². The van der Waals surface area contributed by atoms with E-state index in [4.69, 9.17) is 4.42 Å². The summed E-state index contributed by atoms with van der Waals surface area (Å²) in [5.74, 6) is 0. The quantitative estimate of drug-likeness (QED) is 0.184. The van der Waals surface area contributed by atoms with E-state index in [-0.39, 0.29) is 0 Å². The Kier molecular flexibility index (Phi) is 6.53. The zero-order valence-corrected chi connectivity index (χ0v) is 27.3. The molecule has 50 heavy (non-hydrogen) atoms. The molecular weight excluding hydrogens is 607 g/mol. The maximum Gasteiger partial charge on any atom is 0.136 e. The molecule has 0 amide bonds. The van der Waals surface area contributed by atoms with Gasteiger partial charge in [-0.3, -0.25) is 0 Å². The molecule has 10 rings (SSSR count). The SMILES string of the molecule is c1ccc(-c2ccc3c(c2)c2cc(-c4ccccc4)ccc2n3-c2ccccc2-c2cccc(-c3ccc4c(c3)oc3ccccc34)c2)cc1. The maximum absolute atomic E-state index is 6.25. The van der Waals surface area contributed by atoms with Crippen molar-refractivity contribution >= 4 is 43.7 Å². The number of rotatable bonds is 5. The minimum atomic E-state index is 0.907. The zero-order valence-electron chi connectivity index (χ0n) is 27.3. The average molecular weight is 638 g/mol. The fraction of sp³-hybridized carbons (Fsp3) is 0. The molecule has 0 saturated carbocycles. The molecule has 0 radical (unpaired) electrons. The van der Waals surface area contributed by atoms with Crippen LogP contribution in [0.2, 0.25) is 0 Å². The Morgan fingerprint density at radius 2 is 0.820 bits per heavy atom. The van der Waals surface area contributed by atoms with Crippen molar-refractivity contribution in [2.24, 2.45) is 0 Å². The van der Waals surface area contributed by atoms with Gasteiger partial charge in [-0.2, -0.15) is 0 Å². The van der Waals surface area contributed by atoms with Crippen molar-refractivity contribution in [3.63, 3.8) is 0 Å². The summed E-state index contributed by atoms with van der Waals surface area (Å²) in [7, 11) is 0. The third kappa shape index (κ3) is 4.65. The third-order valence-corrected chi connectivity index (χ3v) is 10.0. The van der Waals surface area contributed by atoms with Crippen molar-refractivity contribution in [1.29, 1.82) is 0 Å². The Morgan fingerprint density at radius 1 is 0.300 bits per heavy atom. The van der Waals surface area contributed by atoms with E-state index in [2.05, 4.69) is 180 Å². The normalized spacial score (nSPS) is 11.6. The molecular formula is C48H31NO. The Morgan fingerprint density at radius 3 is 1.54 bits per heavy atom. The third-order valence-electron chi connectivity index (χ3n) is 10.0. The summed E-state index contributed by atoms with van der Waals surface area (Å²) in [5.41, 5.74) is 14.8. The Hall–Kier alpha value is -6.64. The summed E-state index contributed by atoms with van der Waals surface area (Å²) in [6, 6.07) is 67.5. The van der Waals surface area contributed by atoms with E-state index in [1.807, 2.05) is 12.1 Å². The van der Waals surface area contributed by atoms with Crippen LogP contribution < -0.4 is 0 Å². The van der Waals surface area contributed by atoms with Gasteiger partial charge in [-0.25, -0.2) is 0 Å². The maximum atomic E-state index is 6.25.